The Morgan fingerprint density at radius 2 is 1.81 bits per heavy atom. The smallest absolute Gasteiger partial charge is 0.329 e. The summed E-state index contributed by atoms with van der Waals surface area (Å²) in [6.07, 6.45) is 1.85. The van der Waals surface area contributed by atoms with E-state index in [1.54, 1.807) is 11.5 Å². The van der Waals surface area contributed by atoms with Crippen LogP contribution in [0.3, 0.4) is 0 Å². The van der Waals surface area contributed by atoms with Crippen LogP contribution in [0.1, 0.15) is 32.5 Å². The molecular weight excluding hydrogens is 270 g/mol. The van der Waals surface area contributed by atoms with Gasteiger partial charge in [0.05, 0.1) is 0 Å². The van der Waals surface area contributed by atoms with E-state index in [4.69, 9.17) is 5.73 Å². The highest BCUT2D eigenvalue weighted by atomic mass is 16.2. The van der Waals surface area contributed by atoms with Crippen molar-refractivity contribution in [2.24, 2.45) is 5.73 Å². The molecule has 0 radical (unpaired) electrons. The van der Waals surface area contributed by atoms with Crippen LogP contribution in [0.25, 0.3) is 11.2 Å². The Bertz CT molecular complexity index is 753. The van der Waals surface area contributed by atoms with Crippen molar-refractivity contribution >= 4 is 11.2 Å². The lowest BCUT2D eigenvalue weighted by atomic mass is 10.3. The molecule has 0 aliphatic carbocycles. The molecule has 21 heavy (non-hydrogen) atoms. The minimum atomic E-state index is -0.278. The first-order chi connectivity index (χ1) is 10.1. The molecule has 2 rings (SSSR count). The van der Waals surface area contributed by atoms with Crippen molar-refractivity contribution in [3.05, 3.63) is 26.7 Å². The number of hydrogen-bond acceptors (Lipinski definition) is 4. The molecule has 0 aliphatic rings. The molecule has 0 unspecified atom stereocenters. The maximum absolute atomic E-state index is 12.6. The van der Waals surface area contributed by atoms with E-state index in [1.165, 1.54) is 4.57 Å². The third kappa shape index (κ3) is 2.53. The van der Waals surface area contributed by atoms with E-state index in [9.17, 15) is 9.59 Å². The second-order valence-electron chi connectivity index (χ2n) is 5.11. The predicted molar refractivity (Wildman–Crippen MR) is 82.6 cm³/mol. The number of unbranched alkanes of at least 4 members (excludes halogenated alkanes) is 1. The summed E-state index contributed by atoms with van der Waals surface area (Å²) in [7, 11) is 0. The van der Waals surface area contributed by atoms with Crippen molar-refractivity contribution in [3.63, 3.8) is 0 Å². The summed E-state index contributed by atoms with van der Waals surface area (Å²) >= 11 is 0. The van der Waals surface area contributed by atoms with Gasteiger partial charge in [-0.2, -0.15) is 0 Å². The average Bonchev–Trinajstić information content (AvgIpc) is 2.77. The topological polar surface area (TPSA) is 87.8 Å². The maximum Gasteiger partial charge on any atom is 0.332 e. The number of aryl methyl sites for hydroxylation is 2. The summed E-state index contributed by atoms with van der Waals surface area (Å²) in [4.78, 5) is 29.5. The van der Waals surface area contributed by atoms with Crippen LogP contribution in [-0.4, -0.2) is 25.2 Å². The highest BCUT2D eigenvalue weighted by molar-refractivity contribution is 5.71. The third-order valence-electron chi connectivity index (χ3n) is 3.71. The molecule has 7 heteroatoms. The van der Waals surface area contributed by atoms with Gasteiger partial charge in [-0.25, -0.2) is 9.78 Å². The number of imidazole rings is 1. The van der Waals surface area contributed by atoms with Crippen molar-refractivity contribution in [2.45, 2.75) is 53.2 Å². The van der Waals surface area contributed by atoms with Gasteiger partial charge in [-0.15, -0.1) is 0 Å². The van der Waals surface area contributed by atoms with Crippen LogP contribution >= 0.6 is 0 Å². The van der Waals surface area contributed by atoms with Gasteiger partial charge in [0.1, 0.15) is 5.82 Å². The van der Waals surface area contributed by atoms with E-state index < -0.39 is 0 Å². The Morgan fingerprint density at radius 1 is 1.10 bits per heavy atom. The number of nitrogens with two attached hydrogens (primary N) is 1. The summed E-state index contributed by atoms with van der Waals surface area (Å²) in [5, 5.41) is 0. The van der Waals surface area contributed by atoms with Crippen molar-refractivity contribution in [1.29, 1.82) is 0 Å². The average molecular weight is 293 g/mol. The summed E-state index contributed by atoms with van der Waals surface area (Å²) in [5.74, 6) is 0.714. The van der Waals surface area contributed by atoms with Crippen molar-refractivity contribution in [1.82, 2.24) is 18.7 Å². The lowest BCUT2D eigenvalue weighted by Crippen LogP contribution is -2.40. The number of nitrogens with zero attached hydrogens (tertiary/aromatic N) is 4. The van der Waals surface area contributed by atoms with E-state index in [2.05, 4.69) is 11.9 Å². The van der Waals surface area contributed by atoms with E-state index in [0.717, 1.165) is 12.8 Å². The minimum Gasteiger partial charge on any atom is -0.329 e. The van der Waals surface area contributed by atoms with Crippen molar-refractivity contribution < 1.29 is 0 Å². The summed E-state index contributed by atoms with van der Waals surface area (Å²) in [6, 6.07) is 0. The molecule has 2 aromatic rings. The molecule has 2 N–H and O–H groups in total. The minimum absolute atomic E-state index is 0.277. The van der Waals surface area contributed by atoms with Crippen LogP contribution in [0.2, 0.25) is 0 Å². The number of rotatable bonds is 6. The molecule has 0 aliphatic heterocycles. The maximum atomic E-state index is 12.6. The molecule has 0 fully saturated rings. The van der Waals surface area contributed by atoms with Gasteiger partial charge in [0, 0.05) is 26.2 Å². The Labute approximate surface area is 123 Å². The van der Waals surface area contributed by atoms with E-state index in [0.29, 0.717) is 43.2 Å². The van der Waals surface area contributed by atoms with E-state index >= 15 is 0 Å². The SMILES string of the molecule is CCCCn1c(=O)n(CC)c(=O)c2c1nc(C)n2CCN. The highest BCUT2D eigenvalue weighted by Gasteiger charge is 2.18. The molecule has 2 aromatic heterocycles. The first kappa shape index (κ1) is 15.5. The second-order valence-corrected chi connectivity index (χ2v) is 5.11. The van der Waals surface area contributed by atoms with E-state index in [1.807, 2.05) is 11.5 Å². The first-order valence-electron chi connectivity index (χ1n) is 7.47. The lowest BCUT2D eigenvalue weighted by Gasteiger charge is -2.11. The van der Waals surface area contributed by atoms with Gasteiger partial charge >= 0.3 is 5.69 Å². The molecule has 0 saturated carbocycles. The van der Waals surface area contributed by atoms with Crippen molar-refractivity contribution in [2.75, 3.05) is 6.54 Å². The monoisotopic (exact) mass is 293 g/mol. The fraction of sp³-hybridized carbons (Fsp3) is 0.643. The Morgan fingerprint density at radius 3 is 2.38 bits per heavy atom. The summed E-state index contributed by atoms with van der Waals surface area (Å²) in [6.45, 7) is 7.57. The fourth-order valence-electron chi connectivity index (χ4n) is 2.60. The number of hydrogen-bond donors (Lipinski definition) is 1. The standard InChI is InChI=1S/C14H23N5O2/c1-4-6-8-19-12-11(13(20)17(5-2)14(19)21)18(9-7-15)10(3)16-12/h4-9,15H2,1-3H3. The van der Waals surface area contributed by atoms with Gasteiger partial charge in [0.15, 0.2) is 11.2 Å². The van der Waals surface area contributed by atoms with Crippen LogP contribution in [0.5, 0.6) is 0 Å². The quantitative estimate of drug-likeness (QED) is 0.837. The first-order valence-corrected chi connectivity index (χ1v) is 7.47. The zero-order valence-corrected chi connectivity index (χ0v) is 12.9. The largest absolute Gasteiger partial charge is 0.332 e. The van der Waals surface area contributed by atoms with E-state index in [-0.39, 0.29) is 11.2 Å². The molecule has 0 spiro atoms. The predicted octanol–water partition coefficient (Wildman–Crippen LogP) is 0.447. The summed E-state index contributed by atoms with van der Waals surface area (Å²) in [5.41, 5.74) is 6.03. The van der Waals surface area contributed by atoms with Gasteiger partial charge in [-0.05, 0) is 20.3 Å². The van der Waals surface area contributed by atoms with Gasteiger partial charge in [0.25, 0.3) is 5.56 Å². The van der Waals surface area contributed by atoms with Gasteiger partial charge in [-0.3, -0.25) is 13.9 Å². The van der Waals surface area contributed by atoms with Crippen LogP contribution < -0.4 is 17.0 Å². The lowest BCUT2D eigenvalue weighted by molar-refractivity contribution is 0.560. The van der Waals surface area contributed by atoms with Gasteiger partial charge in [0.2, 0.25) is 0 Å². The molecule has 116 valence electrons. The second kappa shape index (κ2) is 6.26. The molecule has 0 saturated heterocycles. The number of aromatic nitrogens is 4. The van der Waals surface area contributed by atoms with Gasteiger partial charge in [-0.1, -0.05) is 13.3 Å². The normalized spacial score (nSPS) is 11.4. The Hall–Kier alpha value is -1.89. The summed E-state index contributed by atoms with van der Waals surface area (Å²) < 4.78 is 4.70. The van der Waals surface area contributed by atoms with Crippen molar-refractivity contribution in [3.8, 4) is 0 Å². The van der Waals surface area contributed by atoms with Gasteiger partial charge < -0.3 is 10.3 Å². The molecule has 7 nitrogen and oxygen atoms in total. The molecule has 0 atom stereocenters. The third-order valence-corrected chi connectivity index (χ3v) is 3.71. The zero-order chi connectivity index (χ0) is 15.6. The van der Waals surface area contributed by atoms with Crippen LogP contribution in [0.15, 0.2) is 9.59 Å². The van der Waals surface area contributed by atoms with Crippen LogP contribution in [0, 0.1) is 6.92 Å². The highest BCUT2D eigenvalue weighted by Crippen LogP contribution is 2.11. The Kier molecular flexibility index (Phi) is 4.62. The van der Waals surface area contributed by atoms with Crippen LogP contribution in [-0.2, 0) is 19.6 Å². The molecule has 0 bridgehead atoms. The molecular formula is C14H23N5O2. The zero-order valence-electron chi connectivity index (χ0n) is 12.9. The fourth-order valence-corrected chi connectivity index (χ4v) is 2.60. The molecule has 2 heterocycles. The molecule has 0 amide bonds. The molecule has 0 aromatic carbocycles. The Balaban J connectivity index is 2.86. The number of fused-ring (bicyclic) bond motifs is 1. The van der Waals surface area contributed by atoms with Crippen LogP contribution in [0.4, 0.5) is 0 Å².